The summed E-state index contributed by atoms with van der Waals surface area (Å²) in [4.78, 5) is 30.8. The van der Waals surface area contributed by atoms with E-state index in [1.165, 1.54) is 0 Å². The molecule has 1 atom stereocenters. The molecule has 6 heteroatoms. The van der Waals surface area contributed by atoms with Gasteiger partial charge in [-0.25, -0.2) is 0 Å². The second-order valence-electron chi connectivity index (χ2n) is 6.66. The van der Waals surface area contributed by atoms with Crippen LogP contribution in [0.15, 0.2) is 24.5 Å². The third-order valence-corrected chi connectivity index (χ3v) is 4.55. The van der Waals surface area contributed by atoms with Crippen LogP contribution in [0.3, 0.4) is 0 Å². The van der Waals surface area contributed by atoms with Crippen LogP contribution in [-0.4, -0.2) is 47.9 Å². The van der Waals surface area contributed by atoms with Crippen LogP contribution in [0.4, 0.5) is 0 Å². The van der Waals surface area contributed by atoms with E-state index in [2.05, 4.69) is 26.6 Å². The number of aromatic nitrogens is 1. The molecule has 1 unspecified atom stereocenters. The molecule has 0 aliphatic carbocycles. The molecule has 0 saturated carbocycles. The van der Waals surface area contributed by atoms with Crippen molar-refractivity contribution in [2.75, 3.05) is 26.2 Å². The van der Waals surface area contributed by atoms with Crippen molar-refractivity contribution in [1.29, 1.82) is 0 Å². The van der Waals surface area contributed by atoms with E-state index in [1.54, 1.807) is 6.20 Å². The highest BCUT2D eigenvalue weighted by Gasteiger charge is 2.20. The summed E-state index contributed by atoms with van der Waals surface area (Å²) in [5, 5.41) is 5.94. The number of nitrogens with one attached hydrogen (secondary N) is 2. The van der Waals surface area contributed by atoms with Gasteiger partial charge < -0.3 is 10.6 Å². The molecule has 2 rings (SSSR count). The minimum absolute atomic E-state index is 0.0230. The lowest BCUT2D eigenvalue weighted by Crippen LogP contribution is -2.34. The molecule has 2 N–H and O–H groups in total. The van der Waals surface area contributed by atoms with Crippen LogP contribution in [-0.2, 0) is 16.1 Å². The fraction of sp³-hybridized carbons (Fsp3) is 0.632. The predicted octanol–water partition coefficient (Wildman–Crippen LogP) is 1.72. The van der Waals surface area contributed by atoms with Gasteiger partial charge >= 0.3 is 0 Å². The molecule has 25 heavy (non-hydrogen) atoms. The minimum atomic E-state index is -0.0230. The molecule has 1 fully saturated rings. The highest BCUT2D eigenvalue weighted by molar-refractivity contribution is 5.79. The Balaban J connectivity index is 1.94. The number of hydrogen-bond donors (Lipinski definition) is 2. The molecule has 138 valence electrons. The Morgan fingerprint density at radius 2 is 2.28 bits per heavy atom. The van der Waals surface area contributed by atoms with Crippen LogP contribution in [0.2, 0.25) is 0 Å². The Labute approximate surface area is 150 Å². The number of amides is 2. The molecule has 0 spiro atoms. The monoisotopic (exact) mass is 346 g/mol. The third kappa shape index (κ3) is 7.22. The number of nitrogens with zero attached hydrogens (tertiary/aromatic N) is 2. The molecule has 0 radical (unpaired) electrons. The summed E-state index contributed by atoms with van der Waals surface area (Å²) in [6.45, 7) is 5.75. The number of hydrogen-bond acceptors (Lipinski definition) is 4. The molecule has 1 aliphatic heterocycles. The SMILES string of the molecule is CCCNC(=O)C1CCCN(Cc2cccnc2)CCC(=O)NCC1. The van der Waals surface area contributed by atoms with Crippen LogP contribution >= 0.6 is 0 Å². The Morgan fingerprint density at radius 1 is 1.40 bits per heavy atom. The van der Waals surface area contributed by atoms with E-state index in [-0.39, 0.29) is 17.7 Å². The largest absolute Gasteiger partial charge is 0.356 e. The second-order valence-corrected chi connectivity index (χ2v) is 6.66. The van der Waals surface area contributed by atoms with Gasteiger partial charge in [0.25, 0.3) is 0 Å². The van der Waals surface area contributed by atoms with E-state index >= 15 is 0 Å². The lowest BCUT2D eigenvalue weighted by molar-refractivity contribution is -0.126. The van der Waals surface area contributed by atoms with Crippen molar-refractivity contribution < 1.29 is 9.59 Å². The molecule has 0 bridgehead atoms. The smallest absolute Gasteiger partial charge is 0.223 e. The van der Waals surface area contributed by atoms with Crippen LogP contribution in [0.1, 0.15) is 44.6 Å². The van der Waals surface area contributed by atoms with Gasteiger partial charge in [-0.15, -0.1) is 0 Å². The maximum Gasteiger partial charge on any atom is 0.223 e. The van der Waals surface area contributed by atoms with Gasteiger partial charge in [-0.3, -0.25) is 19.5 Å². The normalized spacial score (nSPS) is 20.4. The lowest BCUT2D eigenvalue weighted by atomic mass is 9.98. The Morgan fingerprint density at radius 3 is 3.04 bits per heavy atom. The predicted molar refractivity (Wildman–Crippen MR) is 97.8 cm³/mol. The fourth-order valence-corrected chi connectivity index (χ4v) is 3.11. The first kappa shape index (κ1) is 19.4. The molecular formula is C19H30N4O2. The number of pyridine rings is 1. The van der Waals surface area contributed by atoms with Crippen LogP contribution in [0.25, 0.3) is 0 Å². The Hall–Kier alpha value is -1.95. The van der Waals surface area contributed by atoms with Gasteiger partial charge in [0.1, 0.15) is 0 Å². The van der Waals surface area contributed by atoms with Crippen LogP contribution in [0, 0.1) is 5.92 Å². The first-order valence-electron chi connectivity index (χ1n) is 9.34. The molecular weight excluding hydrogens is 316 g/mol. The molecule has 2 heterocycles. The van der Waals surface area contributed by atoms with E-state index in [4.69, 9.17) is 0 Å². The van der Waals surface area contributed by atoms with Crippen molar-refractivity contribution in [2.24, 2.45) is 5.92 Å². The second kappa shape index (κ2) is 10.8. The first-order chi connectivity index (χ1) is 12.2. The molecule has 1 aromatic rings. The topological polar surface area (TPSA) is 74.3 Å². The zero-order valence-electron chi connectivity index (χ0n) is 15.2. The summed E-state index contributed by atoms with van der Waals surface area (Å²) in [6, 6.07) is 3.99. The van der Waals surface area contributed by atoms with Gasteiger partial charge in [-0.05, 0) is 43.9 Å². The number of rotatable bonds is 5. The minimum Gasteiger partial charge on any atom is -0.356 e. The summed E-state index contributed by atoms with van der Waals surface area (Å²) in [7, 11) is 0. The van der Waals surface area contributed by atoms with Crippen molar-refractivity contribution in [3.05, 3.63) is 30.1 Å². The van der Waals surface area contributed by atoms with Gasteiger partial charge in [-0.2, -0.15) is 0 Å². The first-order valence-corrected chi connectivity index (χ1v) is 9.34. The van der Waals surface area contributed by atoms with Gasteiger partial charge in [-0.1, -0.05) is 13.0 Å². The van der Waals surface area contributed by atoms with Gasteiger partial charge in [0, 0.05) is 50.9 Å². The number of carbonyl (C=O) groups excluding carboxylic acids is 2. The summed E-state index contributed by atoms with van der Waals surface area (Å²) < 4.78 is 0. The standard InChI is InChI=1S/C19H30N4O2/c1-2-9-22-19(25)17-6-4-12-23(13-8-18(24)21-11-7-17)15-16-5-3-10-20-14-16/h3,5,10,14,17H,2,4,6-9,11-13,15H2,1H3,(H,21,24)(H,22,25). The summed E-state index contributed by atoms with van der Waals surface area (Å²) >= 11 is 0. The van der Waals surface area contributed by atoms with Crippen molar-refractivity contribution in [3.63, 3.8) is 0 Å². The highest BCUT2D eigenvalue weighted by atomic mass is 16.2. The van der Waals surface area contributed by atoms with Crippen molar-refractivity contribution in [1.82, 2.24) is 20.5 Å². The highest BCUT2D eigenvalue weighted by Crippen LogP contribution is 2.14. The Kier molecular flexibility index (Phi) is 8.39. The van der Waals surface area contributed by atoms with E-state index < -0.39 is 0 Å². The Bertz CT molecular complexity index is 535. The molecule has 0 aromatic carbocycles. The zero-order chi connectivity index (χ0) is 17.9. The average Bonchev–Trinajstić information content (AvgIpc) is 2.66. The molecule has 2 amide bonds. The van der Waals surface area contributed by atoms with E-state index in [0.717, 1.165) is 51.0 Å². The summed E-state index contributed by atoms with van der Waals surface area (Å²) in [5.74, 6) is 0.158. The number of carbonyl (C=O) groups is 2. The summed E-state index contributed by atoms with van der Waals surface area (Å²) in [5.41, 5.74) is 1.15. The maximum atomic E-state index is 12.3. The van der Waals surface area contributed by atoms with E-state index in [0.29, 0.717) is 19.4 Å². The van der Waals surface area contributed by atoms with Crippen LogP contribution < -0.4 is 10.6 Å². The van der Waals surface area contributed by atoms with E-state index in [9.17, 15) is 9.59 Å². The van der Waals surface area contributed by atoms with Crippen molar-refractivity contribution >= 4 is 11.8 Å². The van der Waals surface area contributed by atoms with Crippen LogP contribution in [0.5, 0.6) is 0 Å². The molecule has 1 saturated heterocycles. The van der Waals surface area contributed by atoms with Crippen molar-refractivity contribution in [3.8, 4) is 0 Å². The van der Waals surface area contributed by atoms with Crippen molar-refractivity contribution in [2.45, 2.75) is 45.6 Å². The summed E-state index contributed by atoms with van der Waals surface area (Å²) in [6.07, 6.45) is 7.59. The average molecular weight is 346 g/mol. The van der Waals surface area contributed by atoms with Gasteiger partial charge in [0.2, 0.25) is 11.8 Å². The molecule has 6 nitrogen and oxygen atoms in total. The lowest BCUT2D eigenvalue weighted by Gasteiger charge is -2.22. The zero-order valence-corrected chi connectivity index (χ0v) is 15.2. The van der Waals surface area contributed by atoms with Gasteiger partial charge in [0.15, 0.2) is 0 Å². The molecule has 1 aromatic heterocycles. The maximum absolute atomic E-state index is 12.3. The van der Waals surface area contributed by atoms with E-state index in [1.807, 2.05) is 19.2 Å². The van der Waals surface area contributed by atoms with Gasteiger partial charge in [0.05, 0.1) is 0 Å². The quantitative estimate of drug-likeness (QED) is 0.851. The third-order valence-electron chi connectivity index (χ3n) is 4.55. The molecule has 1 aliphatic rings. The fourth-order valence-electron chi connectivity index (χ4n) is 3.11.